The number of piperazine rings is 1. The predicted octanol–water partition coefficient (Wildman–Crippen LogP) is 2.66. The van der Waals surface area contributed by atoms with E-state index in [1.54, 1.807) is 23.4 Å². The molecule has 1 atom stereocenters. The van der Waals surface area contributed by atoms with Crippen LogP contribution in [0.2, 0.25) is 5.02 Å². The van der Waals surface area contributed by atoms with Crippen LogP contribution in [-0.2, 0) is 0 Å². The predicted molar refractivity (Wildman–Crippen MR) is 82.3 cm³/mol. The van der Waals surface area contributed by atoms with Crippen molar-refractivity contribution in [2.75, 3.05) is 19.6 Å². The second-order valence-electron chi connectivity index (χ2n) is 5.11. The van der Waals surface area contributed by atoms with E-state index < -0.39 is 5.82 Å². The number of benzene rings is 1. The minimum atomic E-state index is -0.583. The Labute approximate surface area is 132 Å². The fourth-order valence-electron chi connectivity index (χ4n) is 2.64. The van der Waals surface area contributed by atoms with E-state index in [-0.39, 0.29) is 22.5 Å². The van der Waals surface area contributed by atoms with Crippen molar-refractivity contribution in [1.29, 1.82) is 0 Å². The van der Waals surface area contributed by atoms with E-state index in [9.17, 15) is 9.18 Å². The van der Waals surface area contributed by atoms with Gasteiger partial charge in [0.25, 0.3) is 5.91 Å². The number of rotatable bonds is 2. The molecule has 1 aliphatic heterocycles. The van der Waals surface area contributed by atoms with Gasteiger partial charge in [-0.25, -0.2) is 4.39 Å². The van der Waals surface area contributed by atoms with E-state index in [1.165, 1.54) is 12.1 Å². The van der Waals surface area contributed by atoms with Gasteiger partial charge in [0.1, 0.15) is 5.82 Å². The van der Waals surface area contributed by atoms with Crippen molar-refractivity contribution in [2.24, 2.45) is 0 Å². The first kappa shape index (κ1) is 14.9. The Bertz CT molecular complexity index is 680. The molecule has 2 heterocycles. The summed E-state index contributed by atoms with van der Waals surface area (Å²) in [5.41, 5.74) is 1.13. The molecule has 1 N–H and O–H groups in total. The van der Waals surface area contributed by atoms with Gasteiger partial charge < -0.3 is 10.2 Å². The van der Waals surface area contributed by atoms with Gasteiger partial charge in [-0.2, -0.15) is 0 Å². The van der Waals surface area contributed by atoms with Crippen LogP contribution in [0.15, 0.2) is 42.7 Å². The van der Waals surface area contributed by atoms with Crippen molar-refractivity contribution in [3.8, 4) is 0 Å². The van der Waals surface area contributed by atoms with Crippen molar-refractivity contribution in [3.05, 3.63) is 64.7 Å². The summed E-state index contributed by atoms with van der Waals surface area (Å²) < 4.78 is 13.6. The van der Waals surface area contributed by atoms with Gasteiger partial charge in [0.2, 0.25) is 0 Å². The highest BCUT2D eigenvalue weighted by Gasteiger charge is 2.30. The molecule has 2 aromatic rings. The maximum Gasteiger partial charge on any atom is 0.256 e. The number of hydrogen-bond donors (Lipinski definition) is 1. The van der Waals surface area contributed by atoms with E-state index in [1.807, 2.05) is 12.1 Å². The van der Waals surface area contributed by atoms with Crippen LogP contribution >= 0.6 is 11.6 Å². The van der Waals surface area contributed by atoms with Crippen LogP contribution < -0.4 is 5.32 Å². The molecule has 0 aliphatic carbocycles. The average Bonchev–Trinajstić information content (AvgIpc) is 2.57. The van der Waals surface area contributed by atoms with Gasteiger partial charge in [-0.3, -0.25) is 9.78 Å². The van der Waals surface area contributed by atoms with E-state index in [4.69, 9.17) is 11.6 Å². The normalized spacial score (nSPS) is 18.3. The summed E-state index contributed by atoms with van der Waals surface area (Å²) in [4.78, 5) is 18.6. The molecule has 22 heavy (non-hydrogen) atoms. The van der Waals surface area contributed by atoms with Crippen molar-refractivity contribution in [1.82, 2.24) is 15.2 Å². The molecule has 1 aliphatic rings. The monoisotopic (exact) mass is 319 g/mol. The van der Waals surface area contributed by atoms with Crippen LogP contribution in [0, 0.1) is 5.82 Å². The number of aromatic nitrogens is 1. The maximum atomic E-state index is 13.6. The van der Waals surface area contributed by atoms with Crippen molar-refractivity contribution in [2.45, 2.75) is 6.04 Å². The molecule has 0 spiro atoms. The summed E-state index contributed by atoms with van der Waals surface area (Å²) in [6.45, 7) is 1.85. The standard InChI is InChI=1S/C16H15ClFN3O/c17-15-12(4-1-5-13(15)18)16(22)21-8-7-20-10-14(21)11-3-2-6-19-9-11/h1-6,9,14,20H,7-8,10H2. The van der Waals surface area contributed by atoms with E-state index in [2.05, 4.69) is 10.3 Å². The number of nitrogens with zero attached hydrogens (tertiary/aromatic N) is 2. The van der Waals surface area contributed by atoms with Crippen LogP contribution in [0.5, 0.6) is 0 Å². The summed E-state index contributed by atoms with van der Waals surface area (Å²) >= 11 is 5.95. The maximum absolute atomic E-state index is 13.6. The Morgan fingerprint density at radius 1 is 1.36 bits per heavy atom. The number of pyridine rings is 1. The zero-order valence-corrected chi connectivity index (χ0v) is 12.6. The number of nitrogens with one attached hydrogen (secondary N) is 1. The van der Waals surface area contributed by atoms with Gasteiger partial charge in [0.15, 0.2) is 0 Å². The van der Waals surface area contributed by atoms with Gasteiger partial charge in [0, 0.05) is 32.0 Å². The molecule has 0 saturated carbocycles. The fourth-order valence-corrected chi connectivity index (χ4v) is 2.85. The molecule has 6 heteroatoms. The third-order valence-electron chi connectivity index (χ3n) is 3.76. The van der Waals surface area contributed by atoms with Crippen LogP contribution in [0.1, 0.15) is 22.0 Å². The fraction of sp³-hybridized carbons (Fsp3) is 0.250. The first-order chi connectivity index (χ1) is 10.7. The van der Waals surface area contributed by atoms with Gasteiger partial charge in [0.05, 0.1) is 16.6 Å². The topological polar surface area (TPSA) is 45.2 Å². The first-order valence-electron chi connectivity index (χ1n) is 7.04. The molecule has 1 unspecified atom stereocenters. The second-order valence-corrected chi connectivity index (χ2v) is 5.48. The first-order valence-corrected chi connectivity index (χ1v) is 7.42. The molecule has 1 amide bonds. The highest BCUT2D eigenvalue weighted by Crippen LogP contribution is 2.27. The molecule has 3 rings (SSSR count). The highest BCUT2D eigenvalue weighted by atomic mass is 35.5. The molecule has 1 fully saturated rings. The van der Waals surface area contributed by atoms with Gasteiger partial charge >= 0.3 is 0 Å². The lowest BCUT2D eigenvalue weighted by atomic mass is 10.0. The van der Waals surface area contributed by atoms with E-state index >= 15 is 0 Å². The quantitative estimate of drug-likeness (QED) is 0.925. The smallest absolute Gasteiger partial charge is 0.256 e. The van der Waals surface area contributed by atoms with Gasteiger partial charge in [-0.15, -0.1) is 0 Å². The molecule has 4 nitrogen and oxygen atoms in total. The number of carbonyl (C=O) groups excluding carboxylic acids is 1. The minimum absolute atomic E-state index is 0.129. The highest BCUT2D eigenvalue weighted by molar-refractivity contribution is 6.34. The molecule has 0 bridgehead atoms. The Balaban J connectivity index is 1.94. The average molecular weight is 320 g/mol. The van der Waals surface area contributed by atoms with Crippen LogP contribution in [0.4, 0.5) is 4.39 Å². The Hall–Kier alpha value is -1.98. The molecule has 114 valence electrons. The summed E-state index contributed by atoms with van der Waals surface area (Å²) in [6, 6.07) is 7.91. The lowest BCUT2D eigenvalue weighted by molar-refractivity contribution is 0.0633. The molecule has 0 radical (unpaired) electrons. The molecule has 1 aromatic heterocycles. The van der Waals surface area contributed by atoms with E-state index in [0.29, 0.717) is 19.6 Å². The number of hydrogen-bond acceptors (Lipinski definition) is 3. The van der Waals surface area contributed by atoms with Crippen molar-refractivity contribution in [3.63, 3.8) is 0 Å². The van der Waals surface area contributed by atoms with Gasteiger partial charge in [-0.1, -0.05) is 23.7 Å². The lowest BCUT2D eigenvalue weighted by Crippen LogP contribution is -2.48. The number of amides is 1. The van der Waals surface area contributed by atoms with Gasteiger partial charge in [-0.05, 0) is 23.8 Å². The molecule has 1 aromatic carbocycles. The Morgan fingerprint density at radius 3 is 3.00 bits per heavy atom. The third kappa shape index (κ3) is 2.82. The molecular formula is C16H15ClFN3O. The number of carbonyl (C=O) groups is 1. The largest absolute Gasteiger partial charge is 0.329 e. The lowest BCUT2D eigenvalue weighted by Gasteiger charge is -2.36. The third-order valence-corrected chi connectivity index (χ3v) is 4.14. The van der Waals surface area contributed by atoms with E-state index in [0.717, 1.165) is 5.56 Å². The van der Waals surface area contributed by atoms with Crippen LogP contribution in [-0.4, -0.2) is 35.4 Å². The van der Waals surface area contributed by atoms with Crippen molar-refractivity contribution < 1.29 is 9.18 Å². The summed E-state index contributed by atoms with van der Waals surface area (Å²) in [6.07, 6.45) is 3.43. The molecule has 1 saturated heterocycles. The summed E-state index contributed by atoms with van der Waals surface area (Å²) in [5, 5.41) is 3.14. The zero-order valence-electron chi connectivity index (χ0n) is 11.8. The Kier molecular flexibility index (Phi) is 4.36. The summed E-state index contributed by atoms with van der Waals surface area (Å²) in [5.74, 6) is -0.847. The minimum Gasteiger partial charge on any atom is -0.329 e. The van der Waals surface area contributed by atoms with Crippen molar-refractivity contribution >= 4 is 17.5 Å². The zero-order chi connectivity index (χ0) is 15.5. The number of halogens is 2. The SMILES string of the molecule is O=C(c1cccc(F)c1Cl)N1CCNCC1c1cccnc1. The molecular weight excluding hydrogens is 305 g/mol. The summed E-state index contributed by atoms with van der Waals surface area (Å²) in [7, 11) is 0. The Morgan fingerprint density at radius 2 is 2.23 bits per heavy atom. The van der Waals surface area contributed by atoms with Crippen LogP contribution in [0.25, 0.3) is 0 Å². The van der Waals surface area contributed by atoms with Crippen LogP contribution in [0.3, 0.4) is 0 Å². The second kappa shape index (κ2) is 6.42.